The highest BCUT2D eigenvalue weighted by molar-refractivity contribution is 5.95. The Morgan fingerprint density at radius 2 is 1.61 bits per heavy atom. The molecule has 0 aliphatic heterocycles. The molecule has 0 radical (unpaired) electrons. The van der Waals surface area contributed by atoms with Gasteiger partial charge in [0.05, 0.1) is 0 Å². The fraction of sp³-hybridized carbons (Fsp3) is 0.263. The average Bonchev–Trinajstić information content (AvgIpc) is 2.56. The summed E-state index contributed by atoms with van der Waals surface area (Å²) in [5.41, 5.74) is 2.54. The summed E-state index contributed by atoms with van der Waals surface area (Å²) in [4.78, 5) is 23.9. The van der Waals surface area contributed by atoms with Gasteiger partial charge in [-0.05, 0) is 29.7 Å². The standard InChI is InChI=1S/C19H22N2O2/c1-14(2)16-10-6-7-11-17(16)21-18(22)12-13-20-19(23)15-8-4-3-5-9-15/h3-11,14H,12-13H2,1-2H3,(H,20,23)(H,21,22). The largest absolute Gasteiger partial charge is 0.352 e. The Morgan fingerprint density at radius 3 is 2.30 bits per heavy atom. The average molecular weight is 310 g/mol. The Morgan fingerprint density at radius 1 is 0.957 bits per heavy atom. The summed E-state index contributed by atoms with van der Waals surface area (Å²) < 4.78 is 0. The zero-order valence-electron chi connectivity index (χ0n) is 13.5. The summed E-state index contributed by atoms with van der Waals surface area (Å²) in [6.07, 6.45) is 0.241. The van der Waals surface area contributed by atoms with Crippen LogP contribution in [0.2, 0.25) is 0 Å². The molecule has 120 valence electrons. The summed E-state index contributed by atoms with van der Waals surface area (Å²) in [5.74, 6) is 0.0664. The molecule has 2 N–H and O–H groups in total. The number of para-hydroxylation sites is 1. The maximum atomic E-state index is 12.0. The molecule has 2 aromatic rings. The minimum atomic E-state index is -0.166. The van der Waals surface area contributed by atoms with Crippen molar-refractivity contribution in [3.8, 4) is 0 Å². The number of carbonyl (C=O) groups is 2. The Labute approximate surface area is 136 Å². The predicted octanol–water partition coefficient (Wildman–Crippen LogP) is 3.57. The van der Waals surface area contributed by atoms with Gasteiger partial charge in [-0.15, -0.1) is 0 Å². The lowest BCUT2D eigenvalue weighted by Crippen LogP contribution is -2.27. The maximum Gasteiger partial charge on any atom is 0.251 e. The molecule has 0 atom stereocenters. The van der Waals surface area contributed by atoms with Crippen molar-refractivity contribution in [2.45, 2.75) is 26.2 Å². The van der Waals surface area contributed by atoms with Crippen molar-refractivity contribution in [2.24, 2.45) is 0 Å². The van der Waals surface area contributed by atoms with Crippen molar-refractivity contribution in [1.82, 2.24) is 5.32 Å². The Balaban J connectivity index is 1.83. The third-order valence-electron chi connectivity index (χ3n) is 3.53. The Hall–Kier alpha value is -2.62. The first-order valence-electron chi connectivity index (χ1n) is 7.80. The highest BCUT2D eigenvalue weighted by Gasteiger charge is 2.10. The number of carbonyl (C=O) groups excluding carboxylic acids is 2. The van der Waals surface area contributed by atoms with Crippen molar-refractivity contribution in [3.63, 3.8) is 0 Å². The molecule has 4 nitrogen and oxygen atoms in total. The molecule has 2 rings (SSSR count). The summed E-state index contributed by atoms with van der Waals surface area (Å²) in [7, 11) is 0. The second kappa shape index (κ2) is 8.13. The van der Waals surface area contributed by atoms with Crippen LogP contribution in [0.15, 0.2) is 54.6 Å². The summed E-state index contributed by atoms with van der Waals surface area (Å²) in [6, 6.07) is 16.7. The summed E-state index contributed by atoms with van der Waals surface area (Å²) in [5, 5.41) is 5.67. The molecular formula is C19H22N2O2. The van der Waals surface area contributed by atoms with Crippen LogP contribution < -0.4 is 10.6 Å². The number of nitrogens with one attached hydrogen (secondary N) is 2. The van der Waals surface area contributed by atoms with E-state index in [2.05, 4.69) is 24.5 Å². The van der Waals surface area contributed by atoms with Crippen LogP contribution >= 0.6 is 0 Å². The van der Waals surface area contributed by atoms with Gasteiger partial charge >= 0.3 is 0 Å². The quantitative estimate of drug-likeness (QED) is 0.857. The highest BCUT2D eigenvalue weighted by atomic mass is 16.2. The molecule has 0 heterocycles. The van der Waals surface area contributed by atoms with Gasteiger partial charge in [-0.25, -0.2) is 0 Å². The molecule has 0 aromatic heterocycles. The summed E-state index contributed by atoms with van der Waals surface area (Å²) >= 11 is 0. The SMILES string of the molecule is CC(C)c1ccccc1NC(=O)CCNC(=O)c1ccccc1. The second-order valence-electron chi connectivity index (χ2n) is 5.66. The number of rotatable bonds is 6. The van der Waals surface area contributed by atoms with Gasteiger partial charge in [0.15, 0.2) is 0 Å². The van der Waals surface area contributed by atoms with Gasteiger partial charge in [-0.1, -0.05) is 50.2 Å². The molecule has 0 aliphatic rings. The Bertz CT molecular complexity index is 666. The van der Waals surface area contributed by atoms with Crippen LogP contribution in [0.25, 0.3) is 0 Å². The Kier molecular flexibility index (Phi) is 5.92. The molecular weight excluding hydrogens is 288 g/mol. The molecule has 0 bridgehead atoms. The first kappa shape index (κ1) is 16.7. The predicted molar refractivity (Wildman–Crippen MR) is 92.6 cm³/mol. The first-order chi connectivity index (χ1) is 11.1. The third kappa shape index (κ3) is 4.95. The molecule has 0 spiro atoms. The van der Waals surface area contributed by atoms with E-state index in [1.54, 1.807) is 12.1 Å². The molecule has 0 unspecified atom stereocenters. The van der Waals surface area contributed by atoms with Gasteiger partial charge in [0.1, 0.15) is 0 Å². The fourth-order valence-corrected chi connectivity index (χ4v) is 2.31. The molecule has 2 aromatic carbocycles. The van der Waals surface area contributed by atoms with Crippen LogP contribution in [0, 0.1) is 0 Å². The molecule has 0 saturated carbocycles. The lowest BCUT2D eigenvalue weighted by molar-refractivity contribution is -0.116. The monoisotopic (exact) mass is 310 g/mol. The van der Waals surface area contributed by atoms with E-state index >= 15 is 0 Å². The van der Waals surface area contributed by atoms with E-state index < -0.39 is 0 Å². The topological polar surface area (TPSA) is 58.2 Å². The van der Waals surface area contributed by atoms with Crippen LogP contribution in [-0.4, -0.2) is 18.4 Å². The van der Waals surface area contributed by atoms with Crippen LogP contribution in [-0.2, 0) is 4.79 Å². The van der Waals surface area contributed by atoms with Crippen molar-refractivity contribution in [1.29, 1.82) is 0 Å². The van der Waals surface area contributed by atoms with Crippen LogP contribution in [0.4, 0.5) is 5.69 Å². The molecule has 2 amide bonds. The van der Waals surface area contributed by atoms with Gasteiger partial charge in [-0.3, -0.25) is 9.59 Å². The van der Waals surface area contributed by atoms with E-state index in [1.807, 2.05) is 42.5 Å². The summed E-state index contributed by atoms with van der Waals surface area (Å²) in [6.45, 7) is 4.49. The van der Waals surface area contributed by atoms with Gasteiger partial charge in [0, 0.05) is 24.2 Å². The van der Waals surface area contributed by atoms with Crippen molar-refractivity contribution in [2.75, 3.05) is 11.9 Å². The van der Waals surface area contributed by atoms with Crippen molar-refractivity contribution >= 4 is 17.5 Å². The third-order valence-corrected chi connectivity index (χ3v) is 3.53. The fourth-order valence-electron chi connectivity index (χ4n) is 2.31. The zero-order valence-corrected chi connectivity index (χ0v) is 13.5. The van der Waals surface area contributed by atoms with Crippen molar-refractivity contribution in [3.05, 3.63) is 65.7 Å². The number of benzene rings is 2. The molecule has 4 heteroatoms. The number of hydrogen-bond acceptors (Lipinski definition) is 2. The lowest BCUT2D eigenvalue weighted by Gasteiger charge is -2.13. The lowest BCUT2D eigenvalue weighted by atomic mass is 10.0. The molecule has 0 fully saturated rings. The van der Waals surface area contributed by atoms with Gasteiger partial charge in [-0.2, -0.15) is 0 Å². The minimum absolute atomic E-state index is 0.105. The second-order valence-corrected chi connectivity index (χ2v) is 5.66. The van der Waals surface area contributed by atoms with Crippen molar-refractivity contribution < 1.29 is 9.59 Å². The highest BCUT2D eigenvalue weighted by Crippen LogP contribution is 2.23. The van der Waals surface area contributed by atoms with E-state index in [-0.39, 0.29) is 18.2 Å². The van der Waals surface area contributed by atoms with Gasteiger partial charge in [0.25, 0.3) is 5.91 Å². The number of anilines is 1. The molecule has 23 heavy (non-hydrogen) atoms. The van der Waals surface area contributed by atoms with E-state index in [9.17, 15) is 9.59 Å². The normalized spacial score (nSPS) is 10.4. The van der Waals surface area contributed by atoms with Crippen LogP contribution in [0.3, 0.4) is 0 Å². The van der Waals surface area contributed by atoms with E-state index in [4.69, 9.17) is 0 Å². The number of amides is 2. The van der Waals surface area contributed by atoms with Crippen LogP contribution in [0.1, 0.15) is 42.1 Å². The zero-order chi connectivity index (χ0) is 16.7. The smallest absolute Gasteiger partial charge is 0.251 e. The minimum Gasteiger partial charge on any atom is -0.352 e. The molecule has 0 aliphatic carbocycles. The van der Waals surface area contributed by atoms with Gasteiger partial charge in [0.2, 0.25) is 5.91 Å². The van der Waals surface area contributed by atoms with E-state index in [0.717, 1.165) is 11.3 Å². The van der Waals surface area contributed by atoms with E-state index in [0.29, 0.717) is 18.0 Å². The number of hydrogen-bond donors (Lipinski definition) is 2. The molecule has 0 saturated heterocycles. The first-order valence-corrected chi connectivity index (χ1v) is 7.80. The van der Waals surface area contributed by atoms with Crippen LogP contribution in [0.5, 0.6) is 0 Å². The maximum absolute atomic E-state index is 12.0. The van der Waals surface area contributed by atoms with Gasteiger partial charge < -0.3 is 10.6 Å². The van der Waals surface area contributed by atoms with E-state index in [1.165, 1.54) is 0 Å².